The van der Waals surface area contributed by atoms with Gasteiger partial charge in [0.2, 0.25) is 11.9 Å². The van der Waals surface area contributed by atoms with Gasteiger partial charge in [-0.25, -0.2) is 9.97 Å². The van der Waals surface area contributed by atoms with Crippen LogP contribution in [0, 0.1) is 0 Å². The van der Waals surface area contributed by atoms with Gasteiger partial charge in [0.25, 0.3) is 0 Å². The molecule has 1 aliphatic rings. The summed E-state index contributed by atoms with van der Waals surface area (Å²) in [6, 6.07) is 9.49. The lowest BCUT2D eigenvalue weighted by Gasteiger charge is -2.17. The normalized spacial score (nSPS) is 13.5. The summed E-state index contributed by atoms with van der Waals surface area (Å²) in [6.45, 7) is 1.89. The molecule has 8 nitrogen and oxygen atoms in total. The van der Waals surface area contributed by atoms with Crippen molar-refractivity contribution in [1.82, 2.24) is 19.9 Å². The Morgan fingerprint density at radius 2 is 1.81 bits per heavy atom. The van der Waals surface area contributed by atoms with Crippen LogP contribution in [0.5, 0.6) is 0 Å². The number of amides is 1. The van der Waals surface area contributed by atoms with E-state index in [-0.39, 0.29) is 5.91 Å². The first-order chi connectivity index (χ1) is 15.6. The number of hydrogen-bond acceptors (Lipinski definition) is 8. The molecule has 1 fully saturated rings. The summed E-state index contributed by atoms with van der Waals surface area (Å²) in [7, 11) is 0. The molecule has 10 heteroatoms. The highest BCUT2D eigenvalue weighted by atomic mass is 79.9. The quantitative estimate of drug-likeness (QED) is 0.386. The van der Waals surface area contributed by atoms with E-state index >= 15 is 0 Å². The third-order valence-corrected chi connectivity index (χ3v) is 6.80. The number of fused-ring (bicyclic) bond motifs is 1. The van der Waals surface area contributed by atoms with Crippen LogP contribution in [-0.2, 0) is 11.2 Å². The fraction of sp³-hybridized carbons (Fsp3) is 0.227. The minimum absolute atomic E-state index is 0.0487. The zero-order valence-electron chi connectivity index (χ0n) is 17.1. The summed E-state index contributed by atoms with van der Waals surface area (Å²) in [5.74, 6) is 1.24. The Morgan fingerprint density at radius 1 is 1.06 bits per heavy atom. The molecule has 1 aliphatic heterocycles. The summed E-state index contributed by atoms with van der Waals surface area (Å²) in [6.07, 6.45) is 5.90. The van der Waals surface area contributed by atoms with E-state index in [4.69, 9.17) is 4.98 Å². The molecule has 0 atom stereocenters. The molecule has 1 saturated heterocycles. The molecule has 5 rings (SSSR count). The van der Waals surface area contributed by atoms with Crippen LogP contribution in [-0.4, -0.2) is 38.9 Å². The van der Waals surface area contributed by atoms with Crippen LogP contribution >= 0.6 is 27.3 Å². The Morgan fingerprint density at radius 3 is 2.56 bits per heavy atom. The van der Waals surface area contributed by atoms with Gasteiger partial charge >= 0.3 is 0 Å². The first kappa shape index (κ1) is 20.8. The Hall–Kier alpha value is -3.11. The predicted octanol–water partition coefficient (Wildman–Crippen LogP) is 4.77. The number of halogens is 1. The number of rotatable bonds is 6. The molecule has 0 aliphatic carbocycles. The second-order valence-electron chi connectivity index (χ2n) is 7.45. The van der Waals surface area contributed by atoms with Gasteiger partial charge in [0.05, 0.1) is 6.42 Å². The van der Waals surface area contributed by atoms with Gasteiger partial charge in [0.15, 0.2) is 17.0 Å². The van der Waals surface area contributed by atoms with Crippen molar-refractivity contribution in [2.24, 2.45) is 0 Å². The highest BCUT2D eigenvalue weighted by Crippen LogP contribution is 2.26. The van der Waals surface area contributed by atoms with E-state index < -0.39 is 0 Å². The van der Waals surface area contributed by atoms with E-state index in [1.807, 2.05) is 35.7 Å². The molecule has 32 heavy (non-hydrogen) atoms. The summed E-state index contributed by atoms with van der Waals surface area (Å²) >= 11 is 4.97. The van der Waals surface area contributed by atoms with Crippen molar-refractivity contribution in [3.8, 4) is 0 Å². The number of anilines is 4. The minimum atomic E-state index is -0.0487. The fourth-order valence-electron chi connectivity index (χ4n) is 3.58. The first-order valence-corrected chi connectivity index (χ1v) is 11.9. The predicted molar refractivity (Wildman–Crippen MR) is 131 cm³/mol. The smallest absolute Gasteiger partial charge is 0.229 e. The van der Waals surface area contributed by atoms with Crippen molar-refractivity contribution in [3.05, 3.63) is 57.5 Å². The molecule has 0 saturated carbocycles. The van der Waals surface area contributed by atoms with Crippen LogP contribution in [0.4, 0.5) is 23.1 Å². The molecular weight excluding hydrogens is 490 g/mol. The number of hydrogen-bond donors (Lipinski definition) is 2. The molecule has 0 unspecified atom stereocenters. The standard InChI is InChI=1S/C22H20BrN7OS/c23-14-11-17(32-13-14)12-18(31)26-15-3-5-16(6-4-15)27-21-19-20(25-8-7-24-19)28-22(29-21)30-9-1-2-10-30/h3-8,11,13H,1-2,9-10,12H2,(H,26,31)(H,25,27,28,29). The molecule has 4 heterocycles. The summed E-state index contributed by atoms with van der Waals surface area (Å²) in [5.41, 5.74) is 2.76. The van der Waals surface area contributed by atoms with E-state index in [0.717, 1.165) is 46.7 Å². The highest BCUT2D eigenvalue weighted by molar-refractivity contribution is 9.10. The molecule has 0 radical (unpaired) electrons. The van der Waals surface area contributed by atoms with Crippen LogP contribution in [0.1, 0.15) is 17.7 Å². The second kappa shape index (κ2) is 9.17. The first-order valence-electron chi connectivity index (χ1n) is 10.3. The maximum absolute atomic E-state index is 12.3. The van der Waals surface area contributed by atoms with Gasteiger partial charge in [0, 0.05) is 51.6 Å². The van der Waals surface area contributed by atoms with E-state index in [2.05, 4.69) is 46.4 Å². The van der Waals surface area contributed by atoms with Gasteiger partial charge in [-0.2, -0.15) is 9.97 Å². The number of nitrogens with one attached hydrogen (secondary N) is 2. The van der Waals surface area contributed by atoms with Gasteiger partial charge < -0.3 is 15.5 Å². The van der Waals surface area contributed by atoms with Crippen molar-refractivity contribution in [1.29, 1.82) is 0 Å². The molecule has 1 amide bonds. The molecule has 4 aromatic rings. The average molecular weight is 510 g/mol. The maximum atomic E-state index is 12.3. The zero-order valence-corrected chi connectivity index (χ0v) is 19.5. The van der Waals surface area contributed by atoms with Gasteiger partial charge in [-0.15, -0.1) is 11.3 Å². The van der Waals surface area contributed by atoms with E-state index in [9.17, 15) is 4.79 Å². The Balaban J connectivity index is 1.32. The Labute approximate surface area is 197 Å². The van der Waals surface area contributed by atoms with Crippen molar-refractivity contribution in [2.45, 2.75) is 19.3 Å². The molecule has 0 spiro atoms. The number of aromatic nitrogens is 4. The number of thiophene rings is 1. The monoisotopic (exact) mass is 509 g/mol. The van der Waals surface area contributed by atoms with Crippen molar-refractivity contribution in [3.63, 3.8) is 0 Å². The lowest BCUT2D eigenvalue weighted by Crippen LogP contribution is -2.21. The number of carbonyl (C=O) groups is 1. The topological polar surface area (TPSA) is 95.9 Å². The molecule has 1 aromatic carbocycles. The lowest BCUT2D eigenvalue weighted by molar-refractivity contribution is -0.115. The Kier molecular flexibility index (Phi) is 5.95. The van der Waals surface area contributed by atoms with E-state index in [0.29, 0.717) is 29.4 Å². The molecule has 3 aromatic heterocycles. The number of carbonyl (C=O) groups excluding carboxylic acids is 1. The van der Waals surface area contributed by atoms with Crippen LogP contribution < -0.4 is 15.5 Å². The third-order valence-electron chi connectivity index (χ3n) is 5.10. The van der Waals surface area contributed by atoms with Gasteiger partial charge in [0.1, 0.15) is 0 Å². The van der Waals surface area contributed by atoms with Crippen LogP contribution in [0.2, 0.25) is 0 Å². The van der Waals surface area contributed by atoms with Gasteiger partial charge in [-0.1, -0.05) is 0 Å². The fourth-order valence-corrected chi connectivity index (χ4v) is 5.03. The van der Waals surface area contributed by atoms with Crippen LogP contribution in [0.3, 0.4) is 0 Å². The molecule has 162 valence electrons. The average Bonchev–Trinajstić information content (AvgIpc) is 3.47. The summed E-state index contributed by atoms with van der Waals surface area (Å²) in [5, 5.41) is 8.25. The zero-order chi connectivity index (χ0) is 21.9. The molecular formula is C22H20BrN7OS. The summed E-state index contributed by atoms with van der Waals surface area (Å²) in [4.78, 5) is 33.6. The van der Waals surface area contributed by atoms with Crippen molar-refractivity contribution >= 4 is 67.5 Å². The number of nitrogens with zero attached hydrogens (tertiary/aromatic N) is 5. The summed E-state index contributed by atoms with van der Waals surface area (Å²) < 4.78 is 0.996. The van der Waals surface area contributed by atoms with Crippen molar-refractivity contribution in [2.75, 3.05) is 28.6 Å². The van der Waals surface area contributed by atoms with Gasteiger partial charge in [-0.05, 0) is 59.1 Å². The Bertz CT molecular complexity index is 1250. The third kappa shape index (κ3) is 4.71. The second-order valence-corrected chi connectivity index (χ2v) is 9.36. The van der Waals surface area contributed by atoms with E-state index in [1.54, 1.807) is 23.7 Å². The van der Waals surface area contributed by atoms with Crippen molar-refractivity contribution < 1.29 is 4.79 Å². The van der Waals surface area contributed by atoms with Crippen LogP contribution in [0.15, 0.2) is 52.6 Å². The highest BCUT2D eigenvalue weighted by Gasteiger charge is 2.18. The SMILES string of the molecule is O=C(Cc1cc(Br)cs1)Nc1ccc(Nc2nc(N3CCCC3)nc3nccnc23)cc1. The van der Waals surface area contributed by atoms with Gasteiger partial charge in [-0.3, -0.25) is 4.79 Å². The molecule has 2 N–H and O–H groups in total. The lowest BCUT2D eigenvalue weighted by atomic mass is 10.2. The molecule has 0 bridgehead atoms. The minimum Gasteiger partial charge on any atom is -0.341 e. The van der Waals surface area contributed by atoms with Crippen LogP contribution in [0.25, 0.3) is 11.2 Å². The maximum Gasteiger partial charge on any atom is 0.229 e. The largest absolute Gasteiger partial charge is 0.341 e. The number of benzene rings is 1. The van der Waals surface area contributed by atoms with E-state index in [1.165, 1.54) is 0 Å².